The van der Waals surface area contributed by atoms with Crippen LogP contribution in [0.4, 0.5) is 0 Å². The molecule has 0 bridgehead atoms. The van der Waals surface area contributed by atoms with Gasteiger partial charge in [-0.15, -0.1) is 0 Å². The van der Waals surface area contributed by atoms with Crippen LogP contribution in [0.1, 0.15) is 25.3 Å². The van der Waals surface area contributed by atoms with Crippen molar-refractivity contribution in [2.24, 2.45) is 5.41 Å². The van der Waals surface area contributed by atoms with Crippen LogP contribution in [0.2, 0.25) is 0 Å². The Morgan fingerprint density at radius 3 is 2.25 bits per heavy atom. The molecule has 0 radical (unpaired) electrons. The lowest BCUT2D eigenvalue weighted by molar-refractivity contribution is 0.351. The van der Waals surface area contributed by atoms with Crippen LogP contribution in [0.3, 0.4) is 0 Å². The maximum Gasteiger partial charge on any atom is 0.0207 e. The van der Waals surface area contributed by atoms with E-state index in [2.05, 4.69) is 79.0 Å². The molecule has 0 spiro atoms. The third kappa shape index (κ3) is 3.85. The Kier molecular flexibility index (Phi) is 6.60. The van der Waals surface area contributed by atoms with Crippen molar-refractivity contribution in [2.45, 2.75) is 26.2 Å². The Bertz CT molecular complexity index is 319. The number of rotatable bonds is 6. The Balaban J connectivity index is 2.87. The summed E-state index contributed by atoms with van der Waals surface area (Å²) in [7, 11) is 0. The lowest BCUT2D eigenvalue weighted by Crippen LogP contribution is -2.27. The molecule has 0 atom stereocenters. The molecule has 0 aliphatic rings. The summed E-state index contributed by atoms with van der Waals surface area (Å²) in [4.78, 5) is 0. The lowest BCUT2D eigenvalue weighted by Gasteiger charge is -2.30. The van der Waals surface area contributed by atoms with Gasteiger partial charge >= 0.3 is 0 Å². The van der Waals surface area contributed by atoms with Crippen LogP contribution >= 0.6 is 47.8 Å². The zero-order chi connectivity index (χ0) is 12.0. The first-order valence-corrected chi connectivity index (χ1v) is 8.56. The molecule has 1 rings (SSSR count). The Morgan fingerprint density at radius 1 is 1.12 bits per heavy atom. The van der Waals surface area contributed by atoms with Crippen molar-refractivity contribution in [3.05, 3.63) is 34.3 Å². The van der Waals surface area contributed by atoms with Gasteiger partial charge < -0.3 is 0 Å². The molecule has 0 fully saturated rings. The van der Waals surface area contributed by atoms with Gasteiger partial charge in [0.05, 0.1) is 0 Å². The van der Waals surface area contributed by atoms with Crippen molar-refractivity contribution in [3.63, 3.8) is 0 Å². The first-order chi connectivity index (χ1) is 7.67. The smallest absolute Gasteiger partial charge is 0.0207 e. The van der Waals surface area contributed by atoms with E-state index in [-0.39, 0.29) is 0 Å². The van der Waals surface area contributed by atoms with Gasteiger partial charge in [0.25, 0.3) is 0 Å². The van der Waals surface area contributed by atoms with Crippen molar-refractivity contribution in [1.29, 1.82) is 0 Å². The van der Waals surface area contributed by atoms with Gasteiger partial charge in [-0.05, 0) is 29.9 Å². The highest BCUT2D eigenvalue weighted by Crippen LogP contribution is 2.35. The SMILES string of the molecule is CCCC(CBr)(CBr)Cc1ccccc1Br. The van der Waals surface area contributed by atoms with Gasteiger partial charge in [-0.2, -0.15) is 0 Å². The van der Waals surface area contributed by atoms with Gasteiger partial charge in [-0.1, -0.05) is 79.3 Å². The maximum absolute atomic E-state index is 3.67. The second-order valence-corrected chi connectivity index (χ2v) is 6.26. The minimum atomic E-state index is 0.332. The Morgan fingerprint density at radius 2 is 1.75 bits per heavy atom. The zero-order valence-corrected chi connectivity index (χ0v) is 14.2. The van der Waals surface area contributed by atoms with E-state index in [1.165, 1.54) is 22.9 Å². The molecule has 0 aromatic heterocycles. The molecule has 0 heterocycles. The number of halogens is 3. The summed E-state index contributed by atoms with van der Waals surface area (Å²) in [5.41, 5.74) is 1.73. The zero-order valence-electron chi connectivity index (χ0n) is 9.48. The fraction of sp³-hybridized carbons (Fsp3) is 0.538. The molecule has 16 heavy (non-hydrogen) atoms. The van der Waals surface area contributed by atoms with Crippen LogP contribution in [0.5, 0.6) is 0 Å². The molecule has 0 amide bonds. The van der Waals surface area contributed by atoms with E-state index in [1.807, 2.05) is 0 Å². The molecule has 0 aliphatic carbocycles. The quantitative estimate of drug-likeness (QED) is 0.536. The minimum Gasteiger partial charge on any atom is -0.0922 e. The summed E-state index contributed by atoms with van der Waals surface area (Å²) in [6.07, 6.45) is 3.57. The van der Waals surface area contributed by atoms with Gasteiger partial charge in [0, 0.05) is 15.1 Å². The number of benzene rings is 1. The molecule has 0 nitrogen and oxygen atoms in total. The van der Waals surface area contributed by atoms with Crippen molar-refractivity contribution < 1.29 is 0 Å². The van der Waals surface area contributed by atoms with Crippen LogP contribution in [-0.2, 0) is 6.42 Å². The average molecular weight is 413 g/mol. The predicted octanol–water partition coefficient (Wildman–Crippen LogP) is 5.57. The van der Waals surface area contributed by atoms with E-state index in [9.17, 15) is 0 Å². The van der Waals surface area contributed by atoms with Gasteiger partial charge in [-0.3, -0.25) is 0 Å². The molecule has 1 aromatic rings. The molecular formula is C13H17Br3. The van der Waals surface area contributed by atoms with Crippen LogP contribution in [0.25, 0.3) is 0 Å². The summed E-state index contributed by atoms with van der Waals surface area (Å²) in [6, 6.07) is 8.50. The fourth-order valence-electron chi connectivity index (χ4n) is 1.93. The summed E-state index contributed by atoms with van der Waals surface area (Å²) >= 11 is 11.0. The van der Waals surface area contributed by atoms with Crippen molar-refractivity contribution >= 4 is 47.8 Å². The predicted molar refractivity (Wildman–Crippen MR) is 82.8 cm³/mol. The maximum atomic E-state index is 3.67. The standard InChI is InChI=1S/C13H17Br3/c1-2-7-13(9-14,10-15)8-11-5-3-4-6-12(11)16/h3-6H,2,7-10H2,1H3. The van der Waals surface area contributed by atoms with E-state index < -0.39 is 0 Å². The van der Waals surface area contributed by atoms with Crippen LogP contribution in [-0.4, -0.2) is 10.7 Å². The first kappa shape index (κ1) is 14.7. The molecule has 1 aromatic carbocycles. The summed E-state index contributed by atoms with van der Waals surface area (Å²) in [5.74, 6) is 0. The first-order valence-electron chi connectivity index (χ1n) is 5.53. The number of alkyl halides is 2. The molecule has 0 N–H and O–H groups in total. The van der Waals surface area contributed by atoms with Gasteiger partial charge in [0.2, 0.25) is 0 Å². The molecule has 0 unspecified atom stereocenters. The summed E-state index contributed by atoms with van der Waals surface area (Å²) in [5, 5.41) is 2.08. The van der Waals surface area contributed by atoms with E-state index >= 15 is 0 Å². The highest BCUT2D eigenvalue weighted by Gasteiger charge is 2.27. The van der Waals surface area contributed by atoms with E-state index in [1.54, 1.807) is 0 Å². The van der Waals surface area contributed by atoms with Gasteiger partial charge in [0.15, 0.2) is 0 Å². The third-order valence-corrected chi connectivity index (χ3v) is 6.02. The molecule has 0 saturated heterocycles. The second kappa shape index (κ2) is 7.17. The van der Waals surface area contributed by atoms with Crippen molar-refractivity contribution in [3.8, 4) is 0 Å². The lowest BCUT2D eigenvalue weighted by atomic mass is 9.82. The van der Waals surface area contributed by atoms with Crippen molar-refractivity contribution in [1.82, 2.24) is 0 Å². The molecular weight excluding hydrogens is 396 g/mol. The topological polar surface area (TPSA) is 0 Å². The largest absolute Gasteiger partial charge is 0.0922 e. The van der Waals surface area contributed by atoms with E-state index in [0.29, 0.717) is 5.41 Å². The summed E-state index contributed by atoms with van der Waals surface area (Å²) in [6.45, 7) is 2.25. The van der Waals surface area contributed by atoms with E-state index in [4.69, 9.17) is 0 Å². The molecule has 0 aliphatic heterocycles. The molecule has 3 heteroatoms. The minimum absolute atomic E-state index is 0.332. The van der Waals surface area contributed by atoms with Gasteiger partial charge in [0.1, 0.15) is 0 Å². The van der Waals surface area contributed by atoms with Gasteiger partial charge in [-0.25, -0.2) is 0 Å². The normalized spacial score (nSPS) is 11.8. The van der Waals surface area contributed by atoms with Crippen molar-refractivity contribution in [2.75, 3.05) is 10.7 Å². The monoisotopic (exact) mass is 410 g/mol. The average Bonchev–Trinajstić information content (AvgIpc) is 2.31. The third-order valence-electron chi connectivity index (χ3n) is 2.87. The molecule has 0 saturated carbocycles. The Labute approximate surface area is 124 Å². The van der Waals surface area contributed by atoms with E-state index in [0.717, 1.165) is 17.1 Å². The highest BCUT2D eigenvalue weighted by atomic mass is 79.9. The molecule has 90 valence electrons. The van der Waals surface area contributed by atoms with Crippen LogP contribution < -0.4 is 0 Å². The highest BCUT2D eigenvalue weighted by molar-refractivity contribution is 9.10. The number of hydrogen-bond acceptors (Lipinski definition) is 0. The Hall–Kier alpha value is 0.660. The second-order valence-electron chi connectivity index (χ2n) is 4.29. The van der Waals surface area contributed by atoms with Crippen LogP contribution in [0, 0.1) is 5.41 Å². The fourth-order valence-corrected chi connectivity index (χ4v) is 4.24. The van der Waals surface area contributed by atoms with Crippen LogP contribution in [0.15, 0.2) is 28.7 Å². The summed E-state index contributed by atoms with van der Waals surface area (Å²) < 4.78 is 1.22. The number of hydrogen-bond donors (Lipinski definition) is 0.